The van der Waals surface area contributed by atoms with E-state index in [0.29, 0.717) is 18.4 Å². The van der Waals surface area contributed by atoms with Gasteiger partial charge in [-0.05, 0) is 43.4 Å². The molecule has 4 rings (SSSR count). The second-order valence-corrected chi connectivity index (χ2v) is 8.33. The maximum atomic E-state index is 12.5. The molecule has 0 unspecified atom stereocenters. The lowest BCUT2D eigenvalue weighted by Crippen LogP contribution is -2.07. The first-order valence-electron chi connectivity index (χ1n) is 8.84. The average Bonchev–Trinajstić information content (AvgIpc) is 3.27. The van der Waals surface area contributed by atoms with E-state index in [4.69, 9.17) is 10.00 Å². The van der Waals surface area contributed by atoms with Gasteiger partial charge < -0.3 is 4.74 Å². The highest BCUT2D eigenvalue weighted by atomic mass is 32.2. The summed E-state index contributed by atoms with van der Waals surface area (Å²) in [6.45, 7) is 0.251. The van der Waals surface area contributed by atoms with Gasteiger partial charge in [0.15, 0.2) is 0 Å². The Labute approximate surface area is 165 Å². The number of unbranched alkanes of at least 4 members (excludes halogenated alkanes) is 1. The SMILES string of the molecule is N#CCCCOC(=O)c1ccccc1Sc1ncnc2sc3c(c12)CCC3. The Balaban J connectivity index is 1.62. The Morgan fingerprint density at radius 2 is 2.19 bits per heavy atom. The number of rotatable bonds is 6. The first-order chi connectivity index (χ1) is 13.3. The van der Waals surface area contributed by atoms with E-state index in [-0.39, 0.29) is 12.6 Å². The Hall–Kier alpha value is -2.43. The molecule has 7 heteroatoms. The highest BCUT2D eigenvalue weighted by Crippen LogP contribution is 2.42. The number of carbonyl (C=O) groups excluding carboxylic acids is 1. The third kappa shape index (κ3) is 3.68. The molecule has 1 aromatic carbocycles. The number of esters is 1. The zero-order valence-electron chi connectivity index (χ0n) is 14.6. The summed E-state index contributed by atoms with van der Waals surface area (Å²) in [5, 5.41) is 10.6. The van der Waals surface area contributed by atoms with Gasteiger partial charge in [0.05, 0.1) is 18.2 Å². The molecule has 2 aromatic heterocycles. The van der Waals surface area contributed by atoms with Gasteiger partial charge in [0.2, 0.25) is 0 Å². The minimum absolute atomic E-state index is 0.251. The second-order valence-electron chi connectivity index (χ2n) is 6.21. The maximum absolute atomic E-state index is 12.5. The second kappa shape index (κ2) is 8.07. The molecule has 5 nitrogen and oxygen atoms in total. The molecule has 27 heavy (non-hydrogen) atoms. The van der Waals surface area contributed by atoms with Crippen LogP contribution in [0.25, 0.3) is 10.2 Å². The van der Waals surface area contributed by atoms with Gasteiger partial charge in [-0.3, -0.25) is 0 Å². The Morgan fingerprint density at radius 3 is 3.07 bits per heavy atom. The standard InChI is InChI=1S/C20H17N3O2S2/c21-10-3-4-11-25-20(24)14-6-1-2-8-16(14)27-19-17-13-7-5-9-15(13)26-18(17)22-12-23-19/h1-2,6,8,12H,3-5,7,9,11H2. The van der Waals surface area contributed by atoms with Gasteiger partial charge in [0, 0.05) is 21.6 Å². The molecule has 136 valence electrons. The van der Waals surface area contributed by atoms with Crippen LogP contribution in [0.4, 0.5) is 0 Å². The quantitative estimate of drug-likeness (QED) is 0.339. The number of aryl methyl sites for hydroxylation is 2. The molecule has 0 saturated heterocycles. The van der Waals surface area contributed by atoms with Crippen LogP contribution in [0.2, 0.25) is 0 Å². The number of ether oxygens (including phenoxy) is 1. The van der Waals surface area contributed by atoms with Gasteiger partial charge in [0.25, 0.3) is 0 Å². The minimum atomic E-state index is -0.364. The summed E-state index contributed by atoms with van der Waals surface area (Å²) in [7, 11) is 0. The van der Waals surface area contributed by atoms with Crippen LogP contribution in [0.3, 0.4) is 0 Å². The zero-order chi connectivity index (χ0) is 18.6. The van der Waals surface area contributed by atoms with Crippen LogP contribution in [-0.4, -0.2) is 22.5 Å². The minimum Gasteiger partial charge on any atom is -0.462 e. The van der Waals surface area contributed by atoms with Gasteiger partial charge in [-0.15, -0.1) is 11.3 Å². The molecule has 2 heterocycles. The van der Waals surface area contributed by atoms with E-state index in [2.05, 4.69) is 16.0 Å². The Kier molecular flexibility index (Phi) is 5.37. The van der Waals surface area contributed by atoms with E-state index in [1.807, 2.05) is 18.2 Å². The molecule has 0 amide bonds. The zero-order valence-corrected chi connectivity index (χ0v) is 16.2. The van der Waals surface area contributed by atoms with Crippen molar-refractivity contribution in [1.82, 2.24) is 9.97 Å². The molecule has 0 atom stereocenters. The van der Waals surface area contributed by atoms with Crippen molar-refractivity contribution in [3.63, 3.8) is 0 Å². The van der Waals surface area contributed by atoms with Crippen molar-refractivity contribution >= 4 is 39.3 Å². The number of benzene rings is 1. The van der Waals surface area contributed by atoms with Crippen LogP contribution in [-0.2, 0) is 17.6 Å². The summed E-state index contributed by atoms with van der Waals surface area (Å²) in [4.78, 5) is 24.7. The highest BCUT2D eigenvalue weighted by Gasteiger charge is 2.22. The lowest BCUT2D eigenvalue weighted by Gasteiger charge is -2.09. The molecule has 0 saturated carbocycles. The van der Waals surface area contributed by atoms with E-state index >= 15 is 0 Å². The Bertz CT molecular complexity index is 1040. The van der Waals surface area contributed by atoms with E-state index in [1.54, 1.807) is 23.7 Å². The predicted octanol–water partition coefficient (Wildman–Crippen LogP) is 4.79. The number of nitriles is 1. The van der Waals surface area contributed by atoms with Crippen molar-refractivity contribution < 1.29 is 9.53 Å². The number of fused-ring (bicyclic) bond motifs is 3. The van der Waals surface area contributed by atoms with E-state index in [0.717, 1.165) is 33.0 Å². The van der Waals surface area contributed by atoms with Gasteiger partial charge in [-0.2, -0.15) is 5.26 Å². The average molecular weight is 396 g/mol. The topological polar surface area (TPSA) is 75.9 Å². The van der Waals surface area contributed by atoms with Crippen molar-refractivity contribution in [2.45, 2.75) is 42.0 Å². The summed E-state index contributed by atoms with van der Waals surface area (Å²) >= 11 is 3.24. The summed E-state index contributed by atoms with van der Waals surface area (Å²) in [5.41, 5.74) is 1.90. The van der Waals surface area contributed by atoms with Crippen LogP contribution >= 0.6 is 23.1 Å². The maximum Gasteiger partial charge on any atom is 0.339 e. The van der Waals surface area contributed by atoms with Gasteiger partial charge in [0.1, 0.15) is 16.2 Å². The van der Waals surface area contributed by atoms with E-state index < -0.39 is 0 Å². The number of carbonyl (C=O) groups is 1. The number of hydrogen-bond donors (Lipinski definition) is 0. The summed E-state index contributed by atoms with van der Waals surface area (Å²) in [5.74, 6) is -0.364. The fourth-order valence-electron chi connectivity index (χ4n) is 3.20. The van der Waals surface area contributed by atoms with Crippen molar-refractivity contribution in [3.8, 4) is 6.07 Å². The number of hydrogen-bond acceptors (Lipinski definition) is 7. The molecule has 0 bridgehead atoms. The molecule has 1 aliphatic carbocycles. The lowest BCUT2D eigenvalue weighted by atomic mass is 10.2. The lowest BCUT2D eigenvalue weighted by molar-refractivity contribution is 0.0497. The van der Waals surface area contributed by atoms with Crippen LogP contribution < -0.4 is 0 Å². The van der Waals surface area contributed by atoms with Crippen LogP contribution in [0.1, 0.15) is 40.1 Å². The smallest absolute Gasteiger partial charge is 0.339 e. The first kappa shape index (κ1) is 18.0. The molecule has 0 spiro atoms. The third-order valence-electron chi connectivity index (χ3n) is 4.45. The van der Waals surface area contributed by atoms with E-state index in [9.17, 15) is 4.79 Å². The number of nitrogens with zero attached hydrogens (tertiary/aromatic N) is 3. The normalized spacial score (nSPS) is 12.7. The van der Waals surface area contributed by atoms with E-state index in [1.165, 1.54) is 28.6 Å². The highest BCUT2D eigenvalue weighted by molar-refractivity contribution is 7.99. The van der Waals surface area contributed by atoms with Crippen LogP contribution in [0.5, 0.6) is 0 Å². The van der Waals surface area contributed by atoms with Gasteiger partial charge >= 0.3 is 5.97 Å². The summed E-state index contributed by atoms with van der Waals surface area (Å²) in [6.07, 6.45) is 5.89. The van der Waals surface area contributed by atoms with Crippen molar-refractivity contribution in [2.24, 2.45) is 0 Å². The van der Waals surface area contributed by atoms with Crippen LogP contribution in [0, 0.1) is 11.3 Å². The Morgan fingerprint density at radius 1 is 1.30 bits per heavy atom. The monoisotopic (exact) mass is 395 g/mol. The molecule has 0 N–H and O–H groups in total. The van der Waals surface area contributed by atoms with Crippen molar-refractivity contribution in [2.75, 3.05) is 6.61 Å². The van der Waals surface area contributed by atoms with Gasteiger partial charge in [-0.25, -0.2) is 14.8 Å². The molecule has 3 aromatic rings. The molecular weight excluding hydrogens is 378 g/mol. The molecule has 0 fully saturated rings. The van der Waals surface area contributed by atoms with Crippen molar-refractivity contribution in [3.05, 3.63) is 46.6 Å². The fraction of sp³-hybridized carbons (Fsp3) is 0.300. The van der Waals surface area contributed by atoms with Crippen LogP contribution in [0.15, 0.2) is 40.5 Å². The number of aromatic nitrogens is 2. The number of thiophene rings is 1. The van der Waals surface area contributed by atoms with Gasteiger partial charge in [-0.1, -0.05) is 23.9 Å². The predicted molar refractivity (Wildman–Crippen MR) is 105 cm³/mol. The summed E-state index contributed by atoms with van der Waals surface area (Å²) < 4.78 is 5.32. The third-order valence-corrected chi connectivity index (χ3v) is 6.72. The first-order valence-corrected chi connectivity index (χ1v) is 10.5. The molecular formula is C20H17N3O2S2. The molecule has 0 aliphatic heterocycles. The largest absolute Gasteiger partial charge is 0.462 e. The van der Waals surface area contributed by atoms with Crippen molar-refractivity contribution in [1.29, 1.82) is 5.26 Å². The molecule has 0 radical (unpaired) electrons. The summed E-state index contributed by atoms with van der Waals surface area (Å²) in [6, 6.07) is 9.47. The molecule has 1 aliphatic rings. The fourth-order valence-corrected chi connectivity index (χ4v) is 5.53.